The highest BCUT2D eigenvalue weighted by Crippen LogP contribution is 2.25. The second-order valence-electron chi connectivity index (χ2n) is 3.42. The summed E-state index contributed by atoms with van der Waals surface area (Å²) < 4.78 is 27.8. The Labute approximate surface area is 89.1 Å². The summed E-state index contributed by atoms with van der Waals surface area (Å²) in [5.74, 6) is 0.224. The van der Waals surface area contributed by atoms with E-state index in [0.717, 1.165) is 0 Å². The summed E-state index contributed by atoms with van der Waals surface area (Å²) in [7, 11) is -3.81. The van der Waals surface area contributed by atoms with Crippen LogP contribution in [0.2, 0.25) is 0 Å². The highest BCUT2D eigenvalue weighted by atomic mass is 32.2. The van der Waals surface area contributed by atoms with Gasteiger partial charge in [-0.25, -0.2) is 13.6 Å². The van der Waals surface area contributed by atoms with Crippen molar-refractivity contribution in [3.05, 3.63) is 18.2 Å². The Balaban J connectivity index is 3.27. The third-order valence-electron chi connectivity index (χ3n) is 1.64. The molecule has 4 N–H and O–H groups in total. The topological polar surface area (TPSA) is 95.4 Å². The monoisotopic (exact) mass is 230 g/mol. The molecule has 0 aliphatic rings. The maximum absolute atomic E-state index is 11.2. The fourth-order valence-corrected chi connectivity index (χ4v) is 1.80. The molecule has 84 valence electrons. The molecular formula is C9H14N2O3S. The van der Waals surface area contributed by atoms with Crippen LogP contribution in [0.4, 0.5) is 5.69 Å². The van der Waals surface area contributed by atoms with Crippen molar-refractivity contribution in [1.82, 2.24) is 0 Å². The van der Waals surface area contributed by atoms with Crippen LogP contribution in [-0.4, -0.2) is 14.5 Å². The molecule has 0 amide bonds. The average Bonchev–Trinajstić information content (AvgIpc) is 2.05. The van der Waals surface area contributed by atoms with Crippen LogP contribution < -0.4 is 15.6 Å². The number of hydrogen-bond donors (Lipinski definition) is 2. The van der Waals surface area contributed by atoms with Crippen LogP contribution >= 0.6 is 0 Å². The van der Waals surface area contributed by atoms with Gasteiger partial charge < -0.3 is 10.5 Å². The van der Waals surface area contributed by atoms with Crippen molar-refractivity contribution in [1.29, 1.82) is 0 Å². The van der Waals surface area contributed by atoms with E-state index in [4.69, 9.17) is 15.6 Å². The van der Waals surface area contributed by atoms with Gasteiger partial charge in [0, 0.05) is 5.69 Å². The Bertz CT molecular complexity index is 454. The van der Waals surface area contributed by atoms with Crippen LogP contribution in [0.25, 0.3) is 0 Å². The zero-order valence-corrected chi connectivity index (χ0v) is 9.41. The second-order valence-corrected chi connectivity index (χ2v) is 4.95. The van der Waals surface area contributed by atoms with E-state index in [-0.39, 0.29) is 16.7 Å². The Morgan fingerprint density at radius 1 is 1.33 bits per heavy atom. The third kappa shape index (κ3) is 3.10. The number of ether oxygens (including phenoxy) is 1. The van der Waals surface area contributed by atoms with Gasteiger partial charge in [0.05, 0.1) is 6.10 Å². The van der Waals surface area contributed by atoms with Crippen LogP contribution in [-0.2, 0) is 10.0 Å². The molecule has 0 heterocycles. The molecule has 1 rings (SSSR count). The summed E-state index contributed by atoms with van der Waals surface area (Å²) in [4.78, 5) is -0.0869. The lowest BCUT2D eigenvalue weighted by atomic mass is 10.3. The van der Waals surface area contributed by atoms with E-state index in [1.165, 1.54) is 12.1 Å². The Morgan fingerprint density at radius 3 is 2.40 bits per heavy atom. The zero-order chi connectivity index (χ0) is 11.6. The van der Waals surface area contributed by atoms with Gasteiger partial charge >= 0.3 is 0 Å². The van der Waals surface area contributed by atoms with Crippen molar-refractivity contribution in [2.24, 2.45) is 5.14 Å². The number of rotatable bonds is 3. The lowest BCUT2D eigenvalue weighted by molar-refractivity contribution is 0.236. The number of benzene rings is 1. The Kier molecular flexibility index (Phi) is 3.21. The molecular weight excluding hydrogens is 216 g/mol. The molecule has 0 aliphatic carbocycles. The first-order valence-corrected chi connectivity index (χ1v) is 5.94. The summed E-state index contributed by atoms with van der Waals surface area (Å²) in [5.41, 5.74) is 5.81. The van der Waals surface area contributed by atoms with Crippen LogP contribution in [0, 0.1) is 0 Å². The molecule has 1 aromatic carbocycles. The minimum Gasteiger partial charge on any atom is -0.490 e. The van der Waals surface area contributed by atoms with Crippen molar-refractivity contribution >= 4 is 15.7 Å². The maximum Gasteiger partial charge on any atom is 0.241 e. The second kappa shape index (κ2) is 4.08. The van der Waals surface area contributed by atoms with E-state index in [1.807, 2.05) is 0 Å². The smallest absolute Gasteiger partial charge is 0.241 e. The lowest BCUT2D eigenvalue weighted by Gasteiger charge is -2.13. The van der Waals surface area contributed by atoms with E-state index in [0.29, 0.717) is 5.69 Å². The molecule has 0 aromatic heterocycles. The molecule has 6 heteroatoms. The van der Waals surface area contributed by atoms with Crippen molar-refractivity contribution in [3.8, 4) is 5.75 Å². The average molecular weight is 230 g/mol. The summed E-state index contributed by atoms with van der Waals surface area (Å²) in [6, 6.07) is 4.34. The Hall–Kier alpha value is -1.27. The lowest BCUT2D eigenvalue weighted by Crippen LogP contribution is -2.16. The van der Waals surface area contributed by atoms with Gasteiger partial charge in [-0.05, 0) is 32.0 Å². The van der Waals surface area contributed by atoms with Crippen LogP contribution in [0.1, 0.15) is 13.8 Å². The normalized spacial score (nSPS) is 11.7. The van der Waals surface area contributed by atoms with Gasteiger partial charge in [0.25, 0.3) is 0 Å². The van der Waals surface area contributed by atoms with E-state index >= 15 is 0 Å². The van der Waals surface area contributed by atoms with Crippen LogP contribution in [0.15, 0.2) is 23.1 Å². The van der Waals surface area contributed by atoms with E-state index in [9.17, 15) is 8.42 Å². The molecule has 0 bridgehead atoms. The van der Waals surface area contributed by atoms with Crippen LogP contribution in [0.3, 0.4) is 0 Å². The molecule has 0 unspecified atom stereocenters. The molecule has 0 fully saturated rings. The summed E-state index contributed by atoms with van der Waals surface area (Å²) in [5, 5.41) is 5.04. The highest BCUT2D eigenvalue weighted by molar-refractivity contribution is 7.89. The van der Waals surface area contributed by atoms with Crippen LogP contribution in [0.5, 0.6) is 5.75 Å². The predicted octanol–water partition coefficient (Wildman–Crippen LogP) is 0.703. The van der Waals surface area contributed by atoms with Gasteiger partial charge in [-0.2, -0.15) is 0 Å². The first kappa shape index (κ1) is 11.8. The SMILES string of the molecule is CC(C)Oc1ccc(N)cc1S(N)(=O)=O. The zero-order valence-electron chi connectivity index (χ0n) is 8.60. The van der Waals surface area contributed by atoms with E-state index in [2.05, 4.69) is 0 Å². The van der Waals surface area contributed by atoms with Crippen molar-refractivity contribution in [3.63, 3.8) is 0 Å². The number of anilines is 1. The molecule has 15 heavy (non-hydrogen) atoms. The first-order chi connectivity index (χ1) is 6.80. The third-order valence-corrected chi connectivity index (χ3v) is 2.57. The standard InChI is InChI=1S/C9H14N2O3S/c1-6(2)14-8-4-3-7(10)5-9(8)15(11,12)13/h3-6H,10H2,1-2H3,(H2,11,12,13). The van der Waals surface area contributed by atoms with Gasteiger partial charge in [0.1, 0.15) is 10.6 Å². The number of nitrogen functional groups attached to an aromatic ring is 1. The molecule has 5 nitrogen and oxygen atoms in total. The highest BCUT2D eigenvalue weighted by Gasteiger charge is 2.16. The van der Waals surface area contributed by atoms with Crippen molar-refractivity contribution < 1.29 is 13.2 Å². The minimum absolute atomic E-state index is 0.0869. The molecule has 0 spiro atoms. The molecule has 0 aliphatic heterocycles. The quantitative estimate of drug-likeness (QED) is 0.747. The summed E-state index contributed by atoms with van der Waals surface area (Å²) >= 11 is 0. The fraction of sp³-hybridized carbons (Fsp3) is 0.333. The minimum atomic E-state index is -3.81. The van der Waals surface area contributed by atoms with E-state index < -0.39 is 10.0 Å². The van der Waals surface area contributed by atoms with Gasteiger partial charge in [-0.3, -0.25) is 0 Å². The molecule has 1 aromatic rings. The van der Waals surface area contributed by atoms with Gasteiger partial charge in [0.15, 0.2) is 0 Å². The predicted molar refractivity (Wildman–Crippen MR) is 58.0 cm³/mol. The number of nitrogens with two attached hydrogens (primary N) is 2. The van der Waals surface area contributed by atoms with Gasteiger partial charge in [-0.15, -0.1) is 0 Å². The van der Waals surface area contributed by atoms with E-state index in [1.54, 1.807) is 19.9 Å². The fourth-order valence-electron chi connectivity index (χ4n) is 1.10. The Morgan fingerprint density at radius 2 is 1.93 bits per heavy atom. The molecule has 0 atom stereocenters. The number of primary sulfonamides is 1. The molecule has 0 radical (unpaired) electrons. The summed E-state index contributed by atoms with van der Waals surface area (Å²) in [6.45, 7) is 3.59. The van der Waals surface area contributed by atoms with Gasteiger partial charge in [0.2, 0.25) is 10.0 Å². The number of hydrogen-bond acceptors (Lipinski definition) is 4. The summed E-state index contributed by atoms with van der Waals surface area (Å²) in [6.07, 6.45) is -0.130. The van der Waals surface area contributed by atoms with Crippen molar-refractivity contribution in [2.45, 2.75) is 24.8 Å². The molecule has 0 saturated heterocycles. The maximum atomic E-state index is 11.2. The van der Waals surface area contributed by atoms with Crippen molar-refractivity contribution in [2.75, 3.05) is 5.73 Å². The largest absolute Gasteiger partial charge is 0.490 e. The van der Waals surface area contributed by atoms with Gasteiger partial charge in [-0.1, -0.05) is 0 Å². The first-order valence-electron chi connectivity index (χ1n) is 4.39. The number of sulfonamides is 1. The molecule has 0 saturated carbocycles.